The fourth-order valence-electron chi connectivity index (χ4n) is 9.42. The van der Waals surface area contributed by atoms with Crippen molar-refractivity contribution in [1.29, 1.82) is 0 Å². The molecule has 0 unspecified atom stereocenters. The van der Waals surface area contributed by atoms with Gasteiger partial charge in [-0.05, 0) is 155 Å². The Hall–Kier alpha value is -9.64. The summed E-state index contributed by atoms with van der Waals surface area (Å²) >= 11 is 0. The molecule has 12 rings (SSSR count). The summed E-state index contributed by atoms with van der Waals surface area (Å²) in [6, 6.07) is 102. The molecule has 0 aliphatic heterocycles. The second-order valence-electron chi connectivity index (χ2n) is 17.7. The number of benzene rings is 10. The zero-order chi connectivity index (χ0) is 48.1. The van der Waals surface area contributed by atoms with Crippen LogP contribution < -0.4 is 9.80 Å². The van der Waals surface area contributed by atoms with E-state index in [4.69, 9.17) is 8.83 Å². The van der Waals surface area contributed by atoms with E-state index in [1.54, 1.807) is 0 Å². The Balaban J connectivity index is 0.841. The van der Waals surface area contributed by atoms with Crippen molar-refractivity contribution in [3.8, 4) is 78.7 Å². The minimum Gasteiger partial charge on any atom is -0.456 e. The molecule has 0 saturated carbocycles. The summed E-state index contributed by atoms with van der Waals surface area (Å²) in [5, 5.41) is 0. The van der Waals surface area contributed by atoms with Crippen LogP contribution in [0.1, 0.15) is 0 Å². The van der Waals surface area contributed by atoms with Gasteiger partial charge in [0.25, 0.3) is 0 Å². The SMILES string of the molecule is c1ccc(-c2ccc(N(c3ccc(-c4ccc(N(c5ccc(-c6ccccc6)cc5)c5ccc(-c6ccc(-c7ccccc7)o6)cc5)cc4)cc3)c3ccc(-c4ccc(-c5ccccc5)o4)cc3)cc2)cc1. The van der Waals surface area contributed by atoms with Gasteiger partial charge in [-0.25, -0.2) is 0 Å². The summed E-state index contributed by atoms with van der Waals surface area (Å²) in [6.07, 6.45) is 0. The maximum atomic E-state index is 6.33. The van der Waals surface area contributed by atoms with Crippen LogP contribution in [-0.2, 0) is 0 Å². The summed E-state index contributed by atoms with van der Waals surface area (Å²) in [5.41, 5.74) is 17.5. The molecular weight excluding hydrogens is 877 g/mol. The second-order valence-corrected chi connectivity index (χ2v) is 17.7. The maximum absolute atomic E-state index is 6.33. The predicted molar refractivity (Wildman–Crippen MR) is 298 cm³/mol. The van der Waals surface area contributed by atoms with Gasteiger partial charge in [0, 0.05) is 56.4 Å². The predicted octanol–water partition coefficient (Wildman–Crippen LogP) is 19.5. The van der Waals surface area contributed by atoms with Crippen LogP contribution in [0, 0.1) is 0 Å². The Morgan fingerprint density at radius 2 is 0.319 bits per heavy atom. The molecule has 0 bridgehead atoms. The van der Waals surface area contributed by atoms with Gasteiger partial charge in [-0.1, -0.05) is 170 Å². The van der Waals surface area contributed by atoms with Gasteiger partial charge in [0.1, 0.15) is 23.0 Å². The molecule has 72 heavy (non-hydrogen) atoms. The lowest BCUT2D eigenvalue weighted by molar-refractivity contribution is 0.597. The quantitative estimate of drug-likeness (QED) is 0.115. The third-order valence-corrected chi connectivity index (χ3v) is 13.2. The Labute approximate surface area is 420 Å². The molecule has 0 atom stereocenters. The van der Waals surface area contributed by atoms with Gasteiger partial charge in [-0.2, -0.15) is 0 Å². The van der Waals surface area contributed by atoms with Gasteiger partial charge in [-0.15, -0.1) is 0 Å². The molecule has 10 aromatic carbocycles. The van der Waals surface area contributed by atoms with Crippen molar-refractivity contribution >= 4 is 34.1 Å². The average Bonchev–Trinajstić information content (AvgIpc) is 4.18. The third-order valence-electron chi connectivity index (χ3n) is 13.2. The average molecular weight is 925 g/mol. The van der Waals surface area contributed by atoms with Crippen molar-refractivity contribution in [3.05, 3.63) is 291 Å². The highest BCUT2D eigenvalue weighted by molar-refractivity contribution is 5.83. The Morgan fingerprint density at radius 3 is 0.542 bits per heavy atom. The van der Waals surface area contributed by atoms with E-state index in [0.29, 0.717) is 0 Å². The van der Waals surface area contributed by atoms with E-state index in [1.807, 2.05) is 60.7 Å². The molecule has 2 aromatic heterocycles. The summed E-state index contributed by atoms with van der Waals surface area (Å²) in [5.74, 6) is 3.37. The van der Waals surface area contributed by atoms with Crippen molar-refractivity contribution in [1.82, 2.24) is 0 Å². The Kier molecular flexibility index (Phi) is 12.0. The van der Waals surface area contributed by atoms with Gasteiger partial charge in [0.15, 0.2) is 0 Å². The molecular formula is C68H48N2O2. The van der Waals surface area contributed by atoms with Crippen molar-refractivity contribution in [3.63, 3.8) is 0 Å². The molecule has 0 fully saturated rings. The van der Waals surface area contributed by atoms with Crippen LogP contribution in [0.3, 0.4) is 0 Å². The van der Waals surface area contributed by atoms with Crippen LogP contribution >= 0.6 is 0 Å². The Bertz CT molecular complexity index is 3410. The fraction of sp³-hybridized carbons (Fsp3) is 0. The summed E-state index contributed by atoms with van der Waals surface area (Å²) in [4.78, 5) is 4.62. The van der Waals surface area contributed by atoms with E-state index >= 15 is 0 Å². The molecule has 4 nitrogen and oxygen atoms in total. The van der Waals surface area contributed by atoms with Crippen molar-refractivity contribution in [2.24, 2.45) is 0 Å². The molecule has 342 valence electrons. The third kappa shape index (κ3) is 9.16. The van der Waals surface area contributed by atoms with Gasteiger partial charge >= 0.3 is 0 Å². The standard InChI is InChI=1S/C68H48N2O2/c1-5-13-49(14-6-1)51-21-33-59(34-22-51)69(63-41-29-57(30-42-63)67-47-45-65(71-67)55-17-9-3-10-18-55)61-37-25-53(26-38-61)54-27-39-62(40-28-54)70(60-35-23-52(24-36-60)50-15-7-2-8-16-50)64-43-31-58(32-44-64)68-48-46-66(72-68)56-19-11-4-12-20-56/h1-48H. The lowest BCUT2D eigenvalue weighted by Crippen LogP contribution is -2.10. The van der Waals surface area contributed by atoms with E-state index < -0.39 is 0 Å². The normalized spacial score (nSPS) is 11.1. The van der Waals surface area contributed by atoms with Crippen LogP contribution in [-0.4, -0.2) is 0 Å². The summed E-state index contributed by atoms with van der Waals surface area (Å²) in [7, 11) is 0. The largest absolute Gasteiger partial charge is 0.456 e. The zero-order valence-corrected chi connectivity index (χ0v) is 39.4. The van der Waals surface area contributed by atoms with Gasteiger partial charge < -0.3 is 18.6 Å². The molecule has 2 heterocycles. The van der Waals surface area contributed by atoms with E-state index in [-0.39, 0.29) is 0 Å². The minimum absolute atomic E-state index is 0.833. The number of hydrogen-bond donors (Lipinski definition) is 0. The Morgan fingerprint density at radius 1 is 0.153 bits per heavy atom. The molecule has 0 amide bonds. The first-order valence-electron chi connectivity index (χ1n) is 24.3. The topological polar surface area (TPSA) is 32.8 Å². The van der Waals surface area contributed by atoms with E-state index in [9.17, 15) is 0 Å². The molecule has 12 aromatic rings. The monoisotopic (exact) mass is 924 g/mol. The first kappa shape index (κ1) is 43.6. The second kappa shape index (κ2) is 19.8. The summed E-state index contributed by atoms with van der Waals surface area (Å²) in [6.45, 7) is 0. The molecule has 0 radical (unpaired) electrons. The van der Waals surface area contributed by atoms with Crippen molar-refractivity contribution in [2.45, 2.75) is 0 Å². The van der Waals surface area contributed by atoms with E-state index in [1.165, 1.54) is 22.3 Å². The molecule has 0 spiro atoms. The van der Waals surface area contributed by atoms with Crippen LogP contribution in [0.2, 0.25) is 0 Å². The molecule has 4 heteroatoms. The fourth-order valence-corrected chi connectivity index (χ4v) is 9.42. The zero-order valence-electron chi connectivity index (χ0n) is 39.4. The first-order valence-corrected chi connectivity index (χ1v) is 24.3. The number of rotatable bonds is 13. The van der Waals surface area contributed by atoms with E-state index in [0.717, 1.165) is 90.5 Å². The number of furan rings is 2. The number of nitrogens with zero attached hydrogens (tertiary/aromatic N) is 2. The van der Waals surface area contributed by atoms with Crippen molar-refractivity contribution < 1.29 is 8.83 Å². The summed E-state index contributed by atoms with van der Waals surface area (Å²) < 4.78 is 12.7. The highest BCUT2D eigenvalue weighted by Gasteiger charge is 2.17. The van der Waals surface area contributed by atoms with E-state index in [2.05, 4.69) is 240 Å². The molecule has 0 aliphatic rings. The molecule has 0 N–H and O–H groups in total. The lowest BCUT2D eigenvalue weighted by atomic mass is 10.0. The number of hydrogen-bond acceptors (Lipinski definition) is 4. The van der Waals surface area contributed by atoms with Crippen LogP contribution in [0.5, 0.6) is 0 Å². The highest BCUT2D eigenvalue weighted by Crippen LogP contribution is 2.41. The van der Waals surface area contributed by atoms with Gasteiger partial charge in [0.2, 0.25) is 0 Å². The van der Waals surface area contributed by atoms with Crippen molar-refractivity contribution in [2.75, 3.05) is 9.80 Å². The molecule has 0 saturated heterocycles. The number of anilines is 6. The van der Waals surface area contributed by atoms with Crippen LogP contribution in [0.15, 0.2) is 300 Å². The molecule has 0 aliphatic carbocycles. The first-order chi connectivity index (χ1) is 35.7. The smallest absolute Gasteiger partial charge is 0.134 e. The van der Waals surface area contributed by atoms with Crippen LogP contribution in [0.25, 0.3) is 78.7 Å². The highest BCUT2D eigenvalue weighted by atomic mass is 16.3. The van der Waals surface area contributed by atoms with Gasteiger partial charge in [-0.3, -0.25) is 0 Å². The lowest BCUT2D eigenvalue weighted by Gasteiger charge is -2.26. The minimum atomic E-state index is 0.833. The van der Waals surface area contributed by atoms with Crippen LogP contribution in [0.4, 0.5) is 34.1 Å². The maximum Gasteiger partial charge on any atom is 0.134 e. The van der Waals surface area contributed by atoms with Gasteiger partial charge in [0.05, 0.1) is 0 Å².